The first-order chi connectivity index (χ1) is 7.91. The molecular formula is C12H21BrF3N. The molecule has 0 saturated heterocycles. The number of hydrogen-bond acceptors (Lipinski definition) is 1. The van der Waals surface area contributed by atoms with E-state index in [1.807, 2.05) is 0 Å². The fourth-order valence-corrected chi connectivity index (χ4v) is 3.38. The molecule has 1 rings (SSSR count). The van der Waals surface area contributed by atoms with Gasteiger partial charge in [0.15, 0.2) is 0 Å². The number of alkyl halides is 4. The molecule has 1 fully saturated rings. The summed E-state index contributed by atoms with van der Waals surface area (Å²) in [7, 11) is 0. The van der Waals surface area contributed by atoms with Gasteiger partial charge in [0, 0.05) is 11.9 Å². The zero-order valence-corrected chi connectivity index (χ0v) is 11.9. The van der Waals surface area contributed by atoms with Crippen molar-refractivity contribution in [3.8, 4) is 0 Å². The first-order valence-electron chi connectivity index (χ1n) is 6.26. The largest absolute Gasteiger partial charge is 0.401 e. The van der Waals surface area contributed by atoms with E-state index in [0.29, 0.717) is 13.1 Å². The predicted molar refractivity (Wildman–Crippen MR) is 67.5 cm³/mol. The van der Waals surface area contributed by atoms with Crippen molar-refractivity contribution >= 4 is 15.9 Å². The predicted octanol–water partition coefficient (Wildman–Crippen LogP) is 4.22. The zero-order valence-electron chi connectivity index (χ0n) is 10.3. The highest BCUT2D eigenvalue weighted by Gasteiger charge is 2.36. The van der Waals surface area contributed by atoms with Crippen LogP contribution in [0.3, 0.4) is 0 Å². The molecule has 17 heavy (non-hydrogen) atoms. The van der Waals surface area contributed by atoms with Gasteiger partial charge in [-0.2, -0.15) is 13.2 Å². The van der Waals surface area contributed by atoms with E-state index in [1.165, 1.54) is 11.3 Å². The van der Waals surface area contributed by atoms with E-state index in [2.05, 4.69) is 15.9 Å². The van der Waals surface area contributed by atoms with Gasteiger partial charge >= 0.3 is 6.18 Å². The highest BCUT2D eigenvalue weighted by atomic mass is 79.9. The van der Waals surface area contributed by atoms with Gasteiger partial charge in [-0.05, 0) is 24.8 Å². The van der Waals surface area contributed by atoms with Gasteiger partial charge in [0.1, 0.15) is 0 Å². The van der Waals surface area contributed by atoms with Gasteiger partial charge < -0.3 is 0 Å². The molecule has 0 atom stereocenters. The van der Waals surface area contributed by atoms with E-state index in [0.717, 1.165) is 31.0 Å². The molecule has 0 aromatic rings. The maximum Gasteiger partial charge on any atom is 0.401 e. The molecule has 0 heterocycles. The van der Waals surface area contributed by atoms with Gasteiger partial charge in [0.2, 0.25) is 0 Å². The Morgan fingerprint density at radius 3 is 2.18 bits per heavy atom. The lowest BCUT2D eigenvalue weighted by molar-refractivity contribution is -0.148. The molecule has 0 radical (unpaired) electrons. The Morgan fingerprint density at radius 2 is 1.76 bits per heavy atom. The zero-order chi connectivity index (χ0) is 12.9. The molecule has 0 unspecified atom stereocenters. The molecule has 1 saturated carbocycles. The first kappa shape index (κ1) is 15.3. The number of halogens is 4. The normalized spacial score (nSPS) is 20.8. The third-order valence-corrected chi connectivity index (χ3v) is 4.80. The summed E-state index contributed by atoms with van der Waals surface area (Å²) >= 11 is 3.50. The molecule has 1 nitrogen and oxygen atoms in total. The van der Waals surface area contributed by atoms with E-state index in [4.69, 9.17) is 0 Å². The molecule has 1 aliphatic carbocycles. The average Bonchev–Trinajstić information content (AvgIpc) is 2.27. The summed E-state index contributed by atoms with van der Waals surface area (Å²) in [6.45, 7) is 2.05. The van der Waals surface area contributed by atoms with Crippen LogP contribution in [-0.4, -0.2) is 36.0 Å². The molecule has 0 aromatic carbocycles. The summed E-state index contributed by atoms with van der Waals surface area (Å²) in [5.74, 6) is 0. The van der Waals surface area contributed by atoms with Crippen molar-refractivity contribution in [3.05, 3.63) is 0 Å². The second kappa shape index (κ2) is 6.41. The Balaban J connectivity index is 2.58. The summed E-state index contributed by atoms with van der Waals surface area (Å²) in [6, 6.07) is 0. The molecule has 0 bridgehead atoms. The molecule has 0 N–H and O–H groups in total. The number of hydrogen-bond donors (Lipinski definition) is 0. The minimum Gasteiger partial charge on any atom is -0.295 e. The van der Waals surface area contributed by atoms with Gasteiger partial charge in [-0.3, -0.25) is 4.90 Å². The third-order valence-electron chi connectivity index (χ3n) is 3.61. The van der Waals surface area contributed by atoms with Crippen molar-refractivity contribution in [2.75, 3.05) is 25.0 Å². The third kappa shape index (κ3) is 5.16. The Bertz CT molecular complexity index is 224. The molecule has 1 aliphatic rings. The fraction of sp³-hybridized carbons (Fsp3) is 1.00. The van der Waals surface area contributed by atoms with E-state index < -0.39 is 12.7 Å². The molecule has 5 heteroatoms. The summed E-state index contributed by atoms with van der Waals surface area (Å²) in [4.78, 5) is 1.53. The van der Waals surface area contributed by atoms with Crippen LogP contribution >= 0.6 is 15.9 Å². The van der Waals surface area contributed by atoms with Gasteiger partial charge in [0.05, 0.1) is 6.54 Å². The van der Waals surface area contributed by atoms with Crippen LogP contribution in [0.15, 0.2) is 0 Å². The van der Waals surface area contributed by atoms with E-state index in [1.54, 1.807) is 6.92 Å². The second-order valence-corrected chi connectivity index (χ2v) is 5.67. The van der Waals surface area contributed by atoms with Gasteiger partial charge in [-0.25, -0.2) is 0 Å². The minimum absolute atomic E-state index is 0.0551. The summed E-state index contributed by atoms with van der Waals surface area (Å²) in [6.07, 6.45) is 1.53. The Labute approximate surface area is 110 Å². The Hall–Kier alpha value is 0.230. The lowest BCUT2D eigenvalue weighted by Crippen LogP contribution is -2.44. The highest BCUT2D eigenvalue weighted by molar-refractivity contribution is 9.09. The van der Waals surface area contributed by atoms with Crippen LogP contribution in [0.5, 0.6) is 0 Å². The Morgan fingerprint density at radius 1 is 1.18 bits per heavy atom. The van der Waals surface area contributed by atoms with Crippen LogP contribution in [-0.2, 0) is 0 Å². The van der Waals surface area contributed by atoms with Crippen LogP contribution < -0.4 is 0 Å². The Kier molecular flexibility index (Phi) is 5.77. The van der Waals surface area contributed by atoms with Crippen molar-refractivity contribution in [1.82, 2.24) is 4.90 Å². The molecule has 0 aliphatic heterocycles. The monoisotopic (exact) mass is 315 g/mol. The molecule has 0 spiro atoms. The van der Waals surface area contributed by atoms with Crippen LogP contribution in [0.1, 0.15) is 39.0 Å². The second-order valence-electron chi connectivity index (χ2n) is 5.11. The fourth-order valence-electron chi connectivity index (χ4n) is 2.64. The van der Waals surface area contributed by atoms with Crippen LogP contribution in [0.25, 0.3) is 0 Å². The van der Waals surface area contributed by atoms with Crippen molar-refractivity contribution in [2.45, 2.75) is 45.2 Å². The lowest BCUT2D eigenvalue weighted by atomic mass is 9.75. The smallest absolute Gasteiger partial charge is 0.295 e. The average molecular weight is 316 g/mol. The minimum atomic E-state index is -4.09. The van der Waals surface area contributed by atoms with Crippen LogP contribution in [0, 0.1) is 5.41 Å². The van der Waals surface area contributed by atoms with Crippen molar-refractivity contribution in [3.63, 3.8) is 0 Å². The van der Waals surface area contributed by atoms with Crippen molar-refractivity contribution < 1.29 is 13.2 Å². The lowest BCUT2D eigenvalue weighted by Gasteiger charge is -2.40. The molecule has 0 amide bonds. The summed E-state index contributed by atoms with van der Waals surface area (Å²) in [5.41, 5.74) is 0.0551. The SMILES string of the molecule is CCN(CC(F)(F)F)CC1(CBr)CCCCC1. The standard InChI is InChI=1S/C12H21BrF3N/c1-2-17(10-12(14,15)16)9-11(8-13)6-4-3-5-7-11/h2-10H2,1H3. The van der Waals surface area contributed by atoms with E-state index in [-0.39, 0.29) is 5.41 Å². The van der Waals surface area contributed by atoms with Gasteiger partial charge in [0.25, 0.3) is 0 Å². The topological polar surface area (TPSA) is 3.24 Å². The quantitative estimate of drug-likeness (QED) is 0.687. The summed E-state index contributed by atoms with van der Waals surface area (Å²) < 4.78 is 37.3. The van der Waals surface area contributed by atoms with Gasteiger partial charge in [-0.15, -0.1) is 0 Å². The number of nitrogens with zero attached hydrogens (tertiary/aromatic N) is 1. The van der Waals surface area contributed by atoms with Crippen molar-refractivity contribution in [1.29, 1.82) is 0 Å². The van der Waals surface area contributed by atoms with E-state index >= 15 is 0 Å². The molecule has 0 aromatic heterocycles. The summed E-state index contributed by atoms with van der Waals surface area (Å²) in [5, 5.41) is 0.814. The first-order valence-corrected chi connectivity index (χ1v) is 7.38. The number of rotatable bonds is 5. The highest BCUT2D eigenvalue weighted by Crippen LogP contribution is 2.39. The maximum absolute atomic E-state index is 12.4. The van der Waals surface area contributed by atoms with E-state index in [9.17, 15) is 13.2 Å². The van der Waals surface area contributed by atoms with Crippen LogP contribution in [0.4, 0.5) is 13.2 Å². The maximum atomic E-state index is 12.4. The molecular weight excluding hydrogens is 295 g/mol. The van der Waals surface area contributed by atoms with Crippen molar-refractivity contribution in [2.24, 2.45) is 5.41 Å². The molecule has 102 valence electrons. The van der Waals surface area contributed by atoms with Gasteiger partial charge in [-0.1, -0.05) is 42.1 Å². The van der Waals surface area contributed by atoms with Crippen LogP contribution in [0.2, 0.25) is 0 Å².